The molecule has 43 heavy (non-hydrogen) atoms. The summed E-state index contributed by atoms with van der Waals surface area (Å²) < 4.78 is 0. The minimum atomic E-state index is -1.37. The number of hydrogen-bond acceptors (Lipinski definition) is 6. The van der Waals surface area contributed by atoms with Crippen LogP contribution in [0.5, 0.6) is 0 Å². The van der Waals surface area contributed by atoms with E-state index in [-0.39, 0.29) is 31.6 Å². The van der Waals surface area contributed by atoms with Crippen LogP contribution in [-0.2, 0) is 36.8 Å². The number of aromatic nitrogens is 1. The number of benzene rings is 2. The van der Waals surface area contributed by atoms with Crippen LogP contribution in [0, 0.1) is 5.92 Å². The largest absolute Gasteiger partial charge is 0.480 e. The van der Waals surface area contributed by atoms with Crippen LogP contribution < -0.4 is 27.4 Å². The van der Waals surface area contributed by atoms with Gasteiger partial charge >= 0.3 is 5.97 Å². The molecule has 0 fully saturated rings. The van der Waals surface area contributed by atoms with Gasteiger partial charge in [0.25, 0.3) is 0 Å². The molecule has 1 aromatic heterocycles. The van der Waals surface area contributed by atoms with E-state index in [4.69, 9.17) is 11.5 Å². The Labute approximate surface area is 250 Å². The number of primary amides is 1. The third-order valence-electron chi connectivity index (χ3n) is 7.45. The summed E-state index contributed by atoms with van der Waals surface area (Å²) in [4.78, 5) is 66.3. The molecule has 1 heterocycles. The number of carboxylic acid groups (broad SMARTS) is 1. The number of amides is 4. The van der Waals surface area contributed by atoms with Gasteiger partial charge in [0.2, 0.25) is 23.6 Å². The topological polar surface area (TPSA) is 210 Å². The molecule has 0 saturated heterocycles. The minimum absolute atomic E-state index is 0.102. The maximum Gasteiger partial charge on any atom is 0.326 e. The summed E-state index contributed by atoms with van der Waals surface area (Å²) in [6.07, 6.45) is 2.17. The summed E-state index contributed by atoms with van der Waals surface area (Å²) >= 11 is 0. The van der Waals surface area contributed by atoms with Crippen LogP contribution in [0.2, 0.25) is 0 Å². The highest BCUT2D eigenvalue weighted by atomic mass is 16.4. The third-order valence-corrected chi connectivity index (χ3v) is 7.45. The van der Waals surface area contributed by atoms with E-state index in [9.17, 15) is 29.1 Å². The van der Waals surface area contributed by atoms with Gasteiger partial charge in [0.15, 0.2) is 0 Å². The Morgan fingerprint density at radius 3 is 2.16 bits per heavy atom. The smallest absolute Gasteiger partial charge is 0.326 e. The molecule has 3 aromatic rings. The first-order valence-corrected chi connectivity index (χ1v) is 14.3. The standard InChI is InChI=1S/C31H40N6O6/c1-3-18(2)27(30(41)35-24(31(42)43)13-14-26(33)38)37-29(40)25(16-20-17-34-23-12-8-7-11-21(20)23)36-28(39)22(32)15-19-9-5-4-6-10-19/h4-12,17-18,22,24-25,27,34H,3,13-16,32H2,1-2H3,(H2,33,38)(H,35,41)(H,36,39)(H,37,40)(H,42,43). The summed E-state index contributed by atoms with van der Waals surface area (Å²) in [5, 5.41) is 18.3. The molecule has 5 unspecified atom stereocenters. The van der Waals surface area contributed by atoms with Gasteiger partial charge in [0, 0.05) is 29.9 Å². The maximum atomic E-state index is 13.8. The predicted octanol–water partition coefficient (Wildman–Crippen LogP) is 1.13. The fourth-order valence-corrected chi connectivity index (χ4v) is 4.73. The van der Waals surface area contributed by atoms with Gasteiger partial charge < -0.3 is 37.5 Å². The van der Waals surface area contributed by atoms with Gasteiger partial charge in [-0.1, -0.05) is 68.8 Å². The number of hydrogen-bond donors (Lipinski definition) is 7. The second kappa shape index (κ2) is 15.5. The molecular weight excluding hydrogens is 552 g/mol. The highest BCUT2D eigenvalue weighted by Crippen LogP contribution is 2.20. The maximum absolute atomic E-state index is 13.8. The molecule has 9 N–H and O–H groups in total. The van der Waals surface area contributed by atoms with E-state index in [1.807, 2.05) is 61.5 Å². The highest BCUT2D eigenvalue weighted by molar-refractivity contribution is 5.95. The number of carbonyl (C=O) groups excluding carboxylic acids is 4. The quantitative estimate of drug-likeness (QED) is 0.129. The Morgan fingerprint density at radius 2 is 1.51 bits per heavy atom. The first kappa shape index (κ1) is 32.8. The second-order valence-corrected chi connectivity index (χ2v) is 10.7. The number of nitrogens with two attached hydrogens (primary N) is 2. The Morgan fingerprint density at radius 1 is 0.860 bits per heavy atom. The molecule has 3 rings (SSSR count). The predicted molar refractivity (Wildman–Crippen MR) is 161 cm³/mol. The third kappa shape index (κ3) is 9.40. The van der Waals surface area contributed by atoms with Crippen molar-refractivity contribution in [2.75, 3.05) is 0 Å². The SMILES string of the molecule is CCC(C)C(NC(=O)C(Cc1c[nH]c2ccccc12)NC(=O)C(N)Cc1ccccc1)C(=O)NC(CCC(N)=O)C(=O)O. The summed E-state index contributed by atoms with van der Waals surface area (Å²) in [6.45, 7) is 3.57. The van der Waals surface area contributed by atoms with Gasteiger partial charge in [-0.15, -0.1) is 0 Å². The lowest BCUT2D eigenvalue weighted by Gasteiger charge is -2.28. The number of aliphatic carboxylic acids is 1. The Kier molecular flexibility index (Phi) is 11.8. The lowest BCUT2D eigenvalue weighted by atomic mass is 9.96. The highest BCUT2D eigenvalue weighted by Gasteiger charge is 2.33. The normalized spacial score (nSPS) is 14.6. The van der Waals surface area contributed by atoms with E-state index in [1.165, 1.54) is 0 Å². The van der Waals surface area contributed by atoms with Crippen molar-refractivity contribution in [3.05, 3.63) is 71.9 Å². The molecule has 0 aliphatic heterocycles. The zero-order valence-electron chi connectivity index (χ0n) is 24.3. The number of nitrogens with one attached hydrogen (secondary N) is 4. The second-order valence-electron chi connectivity index (χ2n) is 10.7. The molecule has 0 spiro atoms. The van der Waals surface area contributed by atoms with Crippen LogP contribution in [0.1, 0.15) is 44.2 Å². The lowest BCUT2D eigenvalue weighted by Crippen LogP contribution is -2.59. The number of H-pyrrole nitrogens is 1. The monoisotopic (exact) mass is 592 g/mol. The van der Waals surface area contributed by atoms with Gasteiger partial charge in [-0.25, -0.2) is 4.79 Å². The van der Waals surface area contributed by atoms with Crippen LogP contribution in [0.15, 0.2) is 60.8 Å². The molecular formula is C31H40N6O6. The molecule has 0 radical (unpaired) electrons. The number of para-hydroxylation sites is 1. The summed E-state index contributed by atoms with van der Waals surface area (Å²) in [7, 11) is 0. The van der Waals surface area contributed by atoms with Crippen molar-refractivity contribution in [3.8, 4) is 0 Å². The van der Waals surface area contributed by atoms with Gasteiger partial charge in [-0.2, -0.15) is 0 Å². The molecule has 2 aromatic carbocycles. The van der Waals surface area contributed by atoms with E-state index in [1.54, 1.807) is 13.1 Å². The van der Waals surface area contributed by atoms with Gasteiger partial charge in [-0.3, -0.25) is 19.2 Å². The number of fused-ring (bicyclic) bond motifs is 1. The number of aromatic amines is 1. The van der Waals surface area contributed by atoms with E-state index < -0.39 is 53.8 Å². The first-order valence-electron chi connectivity index (χ1n) is 14.3. The van der Waals surface area contributed by atoms with Crippen molar-refractivity contribution in [3.63, 3.8) is 0 Å². The van der Waals surface area contributed by atoms with E-state index in [0.717, 1.165) is 22.0 Å². The summed E-state index contributed by atoms with van der Waals surface area (Å²) in [6, 6.07) is 12.3. The van der Waals surface area contributed by atoms with Crippen molar-refractivity contribution in [2.24, 2.45) is 17.4 Å². The molecule has 0 saturated carbocycles. The fourth-order valence-electron chi connectivity index (χ4n) is 4.73. The van der Waals surface area contributed by atoms with Crippen molar-refractivity contribution >= 4 is 40.5 Å². The molecule has 0 aliphatic carbocycles. The number of carbonyl (C=O) groups is 5. The van der Waals surface area contributed by atoms with Crippen molar-refractivity contribution in [1.29, 1.82) is 0 Å². The molecule has 0 aliphatic rings. The van der Waals surface area contributed by atoms with E-state index in [2.05, 4.69) is 20.9 Å². The Balaban J connectivity index is 1.83. The number of carboxylic acids is 1. The Bertz CT molecular complexity index is 1420. The Hall–Kier alpha value is -4.71. The zero-order valence-corrected chi connectivity index (χ0v) is 24.3. The first-order chi connectivity index (χ1) is 20.5. The molecule has 0 bridgehead atoms. The minimum Gasteiger partial charge on any atom is -0.480 e. The van der Waals surface area contributed by atoms with E-state index >= 15 is 0 Å². The van der Waals surface area contributed by atoms with Crippen LogP contribution in [-0.4, -0.2) is 63.9 Å². The van der Waals surface area contributed by atoms with Crippen molar-refractivity contribution in [2.45, 2.75) is 70.1 Å². The molecule has 230 valence electrons. The van der Waals surface area contributed by atoms with E-state index in [0.29, 0.717) is 6.42 Å². The van der Waals surface area contributed by atoms with Gasteiger partial charge in [-0.05, 0) is 36.0 Å². The lowest BCUT2D eigenvalue weighted by molar-refractivity contribution is -0.143. The molecule has 12 nitrogen and oxygen atoms in total. The van der Waals surface area contributed by atoms with Crippen molar-refractivity contribution < 1.29 is 29.1 Å². The molecule has 5 atom stereocenters. The fraction of sp³-hybridized carbons (Fsp3) is 0.387. The summed E-state index contributed by atoms with van der Waals surface area (Å²) in [5.41, 5.74) is 13.9. The van der Waals surface area contributed by atoms with Crippen LogP contribution in [0.3, 0.4) is 0 Å². The molecule has 4 amide bonds. The summed E-state index contributed by atoms with van der Waals surface area (Å²) in [5.74, 6) is -4.31. The van der Waals surface area contributed by atoms with Crippen LogP contribution in [0.4, 0.5) is 0 Å². The van der Waals surface area contributed by atoms with Gasteiger partial charge in [0.05, 0.1) is 6.04 Å². The van der Waals surface area contributed by atoms with Gasteiger partial charge in [0.1, 0.15) is 18.1 Å². The number of rotatable bonds is 16. The van der Waals surface area contributed by atoms with Crippen LogP contribution >= 0.6 is 0 Å². The average molecular weight is 593 g/mol. The van der Waals surface area contributed by atoms with Crippen LogP contribution in [0.25, 0.3) is 10.9 Å². The van der Waals surface area contributed by atoms with Crippen molar-refractivity contribution in [1.82, 2.24) is 20.9 Å². The zero-order chi connectivity index (χ0) is 31.5. The molecule has 12 heteroatoms. The average Bonchev–Trinajstić information content (AvgIpc) is 3.39.